The average molecular weight is 308 g/mol. The maximum absolute atomic E-state index is 11.6. The largest absolute Gasteiger partial charge is 0.363 e. The molecule has 6 heteroatoms. The van der Waals surface area contributed by atoms with Crippen molar-refractivity contribution in [2.75, 3.05) is 11.9 Å². The number of hydrogen-bond acceptors (Lipinski definition) is 2. The van der Waals surface area contributed by atoms with Gasteiger partial charge in [0.25, 0.3) is 0 Å². The second-order valence-electron chi connectivity index (χ2n) is 5.06. The molecule has 0 radical (unpaired) electrons. The third kappa shape index (κ3) is 7.51. The monoisotopic (exact) mass is 308 g/mol. The Labute approximate surface area is 131 Å². The number of anilines is 1. The first-order valence-corrected chi connectivity index (χ1v) is 7.60. The number of benzene rings is 1. The Hall–Kier alpha value is -1.82. The van der Waals surface area contributed by atoms with Gasteiger partial charge in [-0.25, -0.2) is 4.79 Å². The summed E-state index contributed by atoms with van der Waals surface area (Å²) in [6.07, 6.45) is 1.04. The van der Waals surface area contributed by atoms with Gasteiger partial charge in [-0.05, 0) is 50.2 Å². The van der Waals surface area contributed by atoms with Crippen molar-refractivity contribution in [3.8, 4) is 0 Å². The molecule has 0 saturated heterocycles. The molecule has 0 spiro atoms. The van der Waals surface area contributed by atoms with Crippen LogP contribution in [0.5, 0.6) is 0 Å². The number of rotatable bonds is 6. The van der Waals surface area contributed by atoms with Gasteiger partial charge in [-0.1, -0.05) is 19.1 Å². The molecule has 2 amide bonds. The van der Waals surface area contributed by atoms with E-state index in [2.05, 4.69) is 28.2 Å². The third-order valence-corrected chi connectivity index (χ3v) is 2.91. The Balaban J connectivity index is 2.40. The third-order valence-electron chi connectivity index (χ3n) is 2.62. The van der Waals surface area contributed by atoms with Crippen molar-refractivity contribution >= 4 is 29.0 Å². The van der Waals surface area contributed by atoms with Crippen LogP contribution < -0.4 is 21.3 Å². The summed E-state index contributed by atoms with van der Waals surface area (Å²) in [7, 11) is 0. The highest BCUT2D eigenvalue weighted by Crippen LogP contribution is 2.09. The summed E-state index contributed by atoms with van der Waals surface area (Å²) in [5.41, 5.74) is 1.87. The van der Waals surface area contributed by atoms with Crippen molar-refractivity contribution in [2.24, 2.45) is 0 Å². The smallest absolute Gasteiger partial charge is 0.319 e. The van der Waals surface area contributed by atoms with Gasteiger partial charge in [-0.15, -0.1) is 0 Å². The first kappa shape index (κ1) is 17.2. The molecule has 4 N–H and O–H groups in total. The van der Waals surface area contributed by atoms with Gasteiger partial charge in [0, 0.05) is 24.8 Å². The zero-order valence-electron chi connectivity index (χ0n) is 12.8. The molecule has 0 aliphatic heterocycles. The first-order chi connectivity index (χ1) is 10.0. The number of carbonyl (C=O) groups is 1. The molecule has 1 aromatic rings. The second kappa shape index (κ2) is 9.18. The molecule has 0 aromatic heterocycles. The van der Waals surface area contributed by atoms with Crippen molar-refractivity contribution in [3.05, 3.63) is 29.8 Å². The fraction of sp³-hybridized carbons (Fsp3) is 0.467. The number of nitrogens with one attached hydrogen (secondary N) is 4. The van der Waals surface area contributed by atoms with Gasteiger partial charge >= 0.3 is 6.03 Å². The predicted octanol–water partition coefficient (Wildman–Crippen LogP) is 2.59. The highest BCUT2D eigenvalue weighted by molar-refractivity contribution is 7.80. The summed E-state index contributed by atoms with van der Waals surface area (Å²) in [6, 6.07) is 7.59. The predicted molar refractivity (Wildman–Crippen MR) is 91.5 cm³/mol. The molecule has 0 saturated carbocycles. The van der Waals surface area contributed by atoms with E-state index >= 15 is 0 Å². The van der Waals surface area contributed by atoms with Crippen molar-refractivity contribution in [1.82, 2.24) is 16.0 Å². The van der Waals surface area contributed by atoms with Gasteiger partial charge in [0.2, 0.25) is 0 Å². The van der Waals surface area contributed by atoms with E-state index in [4.69, 9.17) is 12.2 Å². The minimum Gasteiger partial charge on any atom is -0.363 e. The Morgan fingerprint density at radius 3 is 2.43 bits per heavy atom. The molecule has 0 unspecified atom stereocenters. The lowest BCUT2D eigenvalue weighted by atomic mass is 10.2. The molecule has 0 heterocycles. The number of amides is 2. The summed E-state index contributed by atoms with van der Waals surface area (Å²) in [4.78, 5) is 11.6. The van der Waals surface area contributed by atoms with E-state index in [0.29, 0.717) is 11.7 Å². The zero-order valence-corrected chi connectivity index (χ0v) is 13.6. The lowest BCUT2D eigenvalue weighted by Crippen LogP contribution is -2.35. The number of hydrogen-bond donors (Lipinski definition) is 4. The molecule has 0 fully saturated rings. The van der Waals surface area contributed by atoms with Crippen LogP contribution in [-0.4, -0.2) is 23.7 Å². The van der Waals surface area contributed by atoms with Gasteiger partial charge in [-0.3, -0.25) is 0 Å². The van der Waals surface area contributed by atoms with Crippen LogP contribution in [0.1, 0.15) is 32.8 Å². The summed E-state index contributed by atoms with van der Waals surface area (Å²) < 4.78 is 0. The summed E-state index contributed by atoms with van der Waals surface area (Å²) >= 11 is 5.15. The van der Waals surface area contributed by atoms with E-state index < -0.39 is 0 Å². The highest BCUT2D eigenvalue weighted by Gasteiger charge is 2.03. The van der Waals surface area contributed by atoms with Gasteiger partial charge in [0.1, 0.15) is 0 Å². The van der Waals surface area contributed by atoms with E-state index in [9.17, 15) is 4.79 Å². The fourth-order valence-corrected chi connectivity index (χ4v) is 1.79. The van der Waals surface area contributed by atoms with Gasteiger partial charge in [-0.2, -0.15) is 0 Å². The minimum absolute atomic E-state index is 0.116. The highest BCUT2D eigenvalue weighted by atomic mass is 32.1. The molecule has 21 heavy (non-hydrogen) atoms. The lowest BCUT2D eigenvalue weighted by molar-refractivity contribution is 0.250. The molecule has 0 bridgehead atoms. The van der Waals surface area contributed by atoms with Crippen LogP contribution in [0.4, 0.5) is 10.5 Å². The van der Waals surface area contributed by atoms with E-state index in [1.54, 1.807) is 0 Å². The van der Waals surface area contributed by atoms with Gasteiger partial charge in [0.15, 0.2) is 5.11 Å². The molecule has 0 aliphatic carbocycles. The van der Waals surface area contributed by atoms with E-state index in [-0.39, 0.29) is 12.1 Å². The molecule has 0 aliphatic rings. The molecule has 1 rings (SSSR count). The van der Waals surface area contributed by atoms with E-state index in [0.717, 1.165) is 24.2 Å². The Morgan fingerprint density at radius 2 is 1.86 bits per heavy atom. The van der Waals surface area contributed by atoms with Crippen molar-refractivity contribution in [1.29, 1.82) is 0 Å². The molecule has 1 aromatic carbocycles. The van der Waals surface area contributed by atoms with Crippen LogP contribution in [0.2, 0.25) is 0 Å². The van der Waals surface area contributed by atoms with Crippen LogP contribution in [-0.2, 0) is 6.54 Å². The summed E-state index contributed by atoms with van der Waals surface area (Å²) in [6.45, 7) is 7.47. The SMILES string of the molecule is CCCNC(=S)NCc1ccc(NC(=O)NC(C)C)cc1. The van der Waals surface area contributed by atoms with Gasteiger partial charge < -0.3 is 21.3 Å². The van der Waals surface area contributed by atoms with Crippen molar-refractivity contribution in [3.63, 3.8) is 0 Å². The fourth-order valence-electron chi connectivity index (χ4n) is 1.62. The normalized spacial score (nSPS) is 10.1. The number of carbonyl (C=O) groups excluding carboxylic acids is 1. The standard InChI is InChI=1S/C15H24N4OS/c1-4-9-16-15(21)17-10-12-5-7-13(8-6-12)19-14(20)18-11(2)3/h5-8,11H,4,9-10H2,1-3H3,(H2,16,17,21)(H2,18,19,20). The molecule has 116 valence electrons. The second-order valence-corrected chi connectivity index (χ2v) is 5.47. The molecule has 0 atom stereocenters. The van der Waals surface area contributed by atoms with Crippen LogP contribution >= 0.6 is 12.2 Å². The van der Waals surface area contributed by atoms with Crippen molar-refractivity contribution in [2.45, 2.75) is 39.8 Å². The van der Waals surface area contributed by atoms with E-state index in [1.165, 1.54) is 0 Å². The first-order valence-electron chi connectivity index (χ1n) is 7.19. The average Bonchev–Trinajstić information content (AvgIpc) is 2.43. The van der Waals surface area contributed by atoms with Crippen LogP contribution in [0.15, 0.2) is 24.3 Å². The maximum Gasteiger partial charge on any atom is 0.319 e. The topological polar surface area (TPSA) is 65.2 Å². The number of urea groups is 1. The maximum atomic E-state index is 11.6. The molecule has 5 nitrogen and oxygen atoms in total. The summed E-state index contributed by atoms with van der Waals surface area (Å²) in [5.74, 6) is 0. The Morgan fingerprint density at radius 1 is 1.19 bits per heavy atom. The van der Waals surface area contributed by atoms with Crippen LogP contribution in [0.3, 0.4) is 0 Å². The Kier molecular flexibility index (Phi) is 7.53. The lowest BCUT2D eigenvalue weighted by Gasteiger charge is -2.11. The quantitative estimate of drug-likeness (QED) is 0.610. The zero-order chi connectivity index (χ0) is 15.7. The van der Waals surface area contributed by atoms with Gasteiger partial charge in [0.05, 0.1) is 0 Å². The summed E-state index contributed by atoms with van der Waals surface area (Å²) in [5, 5.41) is 12.5. The number of thiocarbonyl (C=S) groups is 1. The minimum atomic E-state index is -0.194. The Bertz CT molecular complexity index is 459. The van der Waals surface area contributed by atoms with Crippen molar-refractivity contribution < 1.29 is 4.79 Å². The molecular weight excluding hydrogens is 284 g/mol. The molecular formula is C15H24N4OS. The van der Waals surface area contributed by atoms with Crippen LogP contribution in [0.25, 0.3) is 0 Å². The van der Waals surface area contributed by atoms with E-state index in [1.807, 2.05) is 38.1 Å². The van der Waals surface area contributed by atoms with Crippen LogP contribution in [0, 0.1) is 0 Å².